The van der Waals surface area contributed by atoms with Gasteiger partial charge in [0.25, 0.3) is 0 Å². The molecule has 0 bridgehead atoms. The van der Waals surface area contributed by atoms with Crippen LogP contribution in [0.3, 0.4) is 0 Å². The van der Waals surface area contributed by atoms with Gasteiger partial charge in [0.2, 0.25) is 0 Å². The molecule has 1 N–H and O–H groups in total. The lowest BCUT2D eigenvalue weighted by Crippen LogP contribution is -2.31. The maximum absolute atomic E-state index is 4.40. The summed E-state index contributed by atoms with van der Waals surface area (Å²) in [5.41, 5.74) is 2.42. The zero-order chi connectivity index (χ0) is 13.8. The molecular formula is C15H29N3. The van der Waals surface area contributed by atoms with Crippen molar-refractivity contribution in [2.24, 2.45) is 4.99 Å². The first-order chi connectivity index (χ1) is 8.69. The number of nitrogens with one attached hydrogen (secondary N) is 1. The van der Waals surface area contributed by atoms with Gasteiger partial charge in [-0.15, -0.1) is 0 Å². The number of hydrogen-bond acceptors (Lipinski definition) is 3. The molecule has 0 aromatic carbocycles. The van der Waals surface area contributed by atoms with Crippen molar-refractivity contribution in [2.45, 2.75) is 41.0 Å². The van der Waals surface area contributed by atoms with E-state index in [1.54, 1.807) is 0 Å². The third kappa shape index (κ3) is 7.28. The van der Waals surface area contributed by atoms with Crippen molar-refractivity contribution < 1.29 is 0 Å². The first kappa shape index (κ1) is 16.9. The van der Waals surface area contributed by atoms with Crippen LogP contribution in [0.1, 0.15) is 41.0 Å². The van der Waals surface area contributed by atoms with Crippen molar-refractivity contribution in [3.63, 3.8) is 0 Å². The second-order valence-corrected chi connectivity index (χ2v) is 4.16. The molecule has 3 nitrogen and oxygen atoms in total. The smallest absolute Gasteiger partial charge is 0.0326 e. The minimum atomic E-state index is 0.904. The maximum atomic E-state index is 4.40. The highest BCUT2D eigenvalue weighted by molar-refractivity contribution is 5.62. The molecule has 3 heteroatoms. The minimum absolute atomic E-state index is 0.904. The van der Waals surface area contributed by atoms with Crippen LogP contribution < -0.4 is 5.32 Å². The first-order valence-corrected chi connectivity index (χ1v) is 6.95. The lowest BCUT2D eigenvalue weighted by molar-refractivity contribution is 0.355. The summed E-state index contributed by atoms with van der Waals surface area (Å²) in [7, 11) is 0. The first-order valence-electron chi connectivity index (χ1n) is 6.95. The van der Waals surface area contributed by atoms with Crippen molar-refractivity contribution >= 4 is 6.21 Å². The van der Waals surface area contributed by atoms with Crippen molar-refractivity contribution in [2.75, 3.05) is 26.2 Å². The molecule has 0 aromatic heterocycles. The average molecular weight is 251 g/mol. The van der Waals surface area contributed by atoms with Crippen LogP contribution in [0.4, 0.5) is 0 Å². The van der Waals surface area contributed by atoms with Crippen molar-refractivity contribution in [3.8, 4) is 0 Å². The second kappa shape index (κ2) is 11.0. The van der Waals surface area contributed by atoms with Gasteiger partial charge in [-0.3, -0.25) is 4.99 Å². The number of likely N-dealkylation sites (N-methyl/N-ethyl adjacent to an activating group) is 2. The molecule has 0 aliphatic carbocycles. The number of allylic oxidation sites excluding steroid dienone is 4. The van der Waals surface area contributed by atoms with Crippen LogP contribution in [-0.4, -0.2) is 37.3 Å². The van der Waals surface area contributed by atoms with E-state index >= 15 is 0 Å². The number of aliphatic imine (C=N–C) groups is 1. The van der Waals surface area contributed by atoms with Crippen LogP contribution in [0.15, 0.2) is 28.5 Å². The standard InChI is InChI=1S/C15H29N3/c1-6-14(5)17-11-10-15(7-2)18(9-4)13-12-16-8-3/h6-7,11,16H,8-10,12-13H2,1-5H3/b14-6-,15-7+,17-11-. The highest BCUT2D eigenvalue weighted by Crippen LogP contribution is 2.07. The van der Waals surface area contributed by atoms with Gasteiger partial charge in [0.15, 0.2) is 0 Å². The van der Waals surface area contributed by atoms with Gasteiger partial charge in [0, 0.05) is 43.7 Å². The summed E-state index contributed by atoms with van der Waals surface area (Å²) in [6, 6.07) is 0. The Balaban J connectivity index is 4.32. The molecule has 104 valence electrons. The average Bonchev–Trinajstić information content (AvgIpc) is 2.40. The van der Waals surface area contributed by atoms with Crippen LogP contribution in [0.5, 0.6) is 0 Å². The molecule has 0 aromatic rings. The highest BCUT2D eigenvalue weighted by atomic mass is 15.1. The molecule has 0 rings (SSSR count). The van der Waals surface area contributed by atoms with E-state index in [0.717, 1.165) is 38.3 Å². The summed E-state index contributed by atoms with van der Waals surface area (Å²) in [6.45, 7) is 14.6. The highest BCUT2D eigenvalue weighted by Gasteiger charge is 2.04. The fraction of sp³-hybridized carbons (Fsp3) is 0.667. The maximum Gasteiger partial charge on any atom is 0.0326 e. The van der Waals surface area contributed by atoms with E-state index in [9.17, 15) is 0 Å². The molecule has 0 atom stereocenters. The Hall–Kier alpha value is -1.09. The summed E-state index contributed by atoms with van der Waals surface area (Å²) in [6.07, 6.45) is 7.11. The van der Waals surface area contributed by atoms with E-state index in [1.807, 2.05) is 26.1 Å². The van der Waals surface area contributed by atoms with Crippen LogP contribution in [0.25, 0.3) is 0 Å². The predicted octanol–water partition coefficient (Wildman–Crippen LogP) is 3.21. The van der Waals surface area contributed by atoms with Gasteiger partial charge in [-0.05, 0) is 34.2 Å². The normalized spacial score (nSPS) is 13.4. The van der Waals surface area contributed by atoms with E-state index in [-0.39, 0.29) is 0 Å². The van der Waals surface area contributed by atoms with E-state index in [4.69, 9.17) is 0 Å². The quantitative estimate of drug-likeness (QED) is 0.503. The molecule has 0 radical (unpaired) electrons. The Labute approximate surface area is 113 Å². The SMILES string of the molecule is C/C=C(C)\N=C/C/C(=C\C)N(CC)CCNCC. The van der Waals surface area contributed by atoms with Crippen LogP contribution in [0, 0.1) is 0 Å². The van der Waals surface area contributed by atoms with Crippen LogP contribution in [-0.2, 0) is 0 Å². The van der Waals surface area contributed by atoms with Crippen molar-refractivity contribution in [3.05, 3.63) is 23.5 Å². The number of nitrogens with zero attached hydrogens (tertiary/aromatic N) is 2. The molecule has 0 heterocycles. The molecule has 0 fully saturated rings. The van der Waals surface area contributed by atoms with E-state index in [2.05, 4.69) is 42.1 Å². The Morgan fingerprint density at radius 1 is 1.22 bits per heavy atom. The second-order valence-electron chi connectivity index (χ2n) is 4.16. The summed E-state index contributed by atoms with van der Waals surface area (Å²) in [5.74, 6) is 0. The predicted molar refractivity (Wildman–Crippen MR) is 82.1 cm³/mol. The van der Waals surface area contributed by atoms with Gasteiger partial charge < -0.3 is 10.2 Å². The monoisotopic (exact) mass is 251 g/mol. The van der Waals surface area contributed by atoms with Crippen molar-refractivity contribution in [1.29, 1.82) is 0 Å². The molecular weight excluding hydrogens is 222 g/mol. The summed E-state index contributed by atoms with van der Waals surface area (Å²) < 4.78 is 0. The summed E-state index contributed by atoms with van der Waals surface area (Å²) >= 11 is 0. The lowest BCUT2D eigenvalue weighted by atomic mass is 10.2. The van der Waals surface area contributed by atoms with Crippen molar-refractivity contribution in [1.82, 2.24) is 10.2 Å². The molecule has 18 heavy (non-hydrogen) atoms. The largest absolute Gasteiger partial charge is 0.374 e. The van der Waals surface area contributed by atoms with Crippen LogP contribution >= 0.6 is 0 Å². The molecule has 0 saturated heterocycles. The van der Waals surface area contributed by atoms with E-state index < -0.39 is 0 Å². The molecule has 0 saturated carbocycles. The van der Waals surface area contributed by atoms with Gasteiger partial charge >= 0.3 is 0 Å². The zero-order valence-corrected chi connectivity index (χ0v) is 12.7. The fourth-order valence-electron chi connectivity index (χ4n) is 1.68. The van der Waals surface area contributed by atoms with E-state index in [1.165, 1.54) is 5.70 Å². The van der Waals surface area contributed by atoms with Gasteiger partial charge in [0.05, 0.1) is 0 Å². The number of rotatable bonds is 9. The fourth-order valence-corrected chi connectivity index (χ4v) is 1.68. The molecule has 0 amide bonds. The third-order valence-corrected chi connectivity index (χ3v) is 2.94. The Morgan fingerprint density at radius 2 is 1.94 bits per heavy atom. The molecule has 0 spiro atoms. The van der Waals surface area contributed by atoms with Gasteiger partial charge in [-0.25, -0.2) is 0 Å². The molecule has 0 aliphatic heterocycles. The topological polar surface area (TPSA) is 27.6 Å². The Kier molecular flexibility index (Phi) is 10.4. The third-order valence-electron chi connectivity index (χ3n) is 2.94. The van der Waals surface area contributed by atoms with Crippen LogP contribution in [0.2, 0.25) is 0 Å². The molecule has 0 aliphatic rings. The Morgan fingerprint density at radius 3 is 2.44 bits per heavy atom. The van der Waals surface area contributed by atoms with Gasteiger partial charge in [0.1, 0.15) is 0 Å². The minimum Gasteiger partial charge on any atom is -0.374 e. The lowest BCUT2D eigenvalue weighted by Gasteiger charge is -2.25. The Bertz CT molecular complexity index is 290. The number of hydrogen-bond donors (Lipinski definition) is 1. The summed E-state index contributed by atoms with van der Waals surface area (Å²) in [5, 5.41) is 3.36. The van der Waals surface area contributed by atoms with Gasteiger partial charge in [-0.1, -0.05) is 19.1 Å². The molecule has 0 unspecified atom stereocenters. The summed E-state index contributed by atoms with van der Waals surface area (Å²) in [4.78, 5) is 6.80. The van der Waals surface area contributed by atoms with E-state index in [0.29, 0.717) is 0 Å². The zero-order valence-electron chi connectivity index (χ0n) is 12.7. The van der Waals surface area contributed by atoms with Gasteiger partial charge in [-0.2, -0.15) is 0 Å².